The second-order valence-corrected chi connectivity index (χ2v) is 10.1. The number of urea groups is 1. The summed E-state index contributed by atoms with van der Waals surface area (Å²) >= 11 is 13.4. The number of ether oxygens (including phenoxy) is 3. The maximum Gasteiger partial charge on any atom is 0.330 e. The van der Waals surface area contributed by atoms with E-state index in [4.69, 9.17) is 42.4 Å². The summed E-state index contributed by atoms with van der Waals surface area (Å²) in [6, 6.07) is 0.515. The Labute approximate surface area is 246 Å². The number of hydrogen-bond acceptors (Lipinski definition) is 9. The van der Waals surface area contributed by atoms with Crippen LogP contribution in [0.2, 0.25) is 10.0 Å². The van der Waals surface area contributed by atoms with E-state index in [0.717, 1.165) is 0 Å². The predicted octanol–water partition coefficient (Wildman–Crippen LogP) is 3.16. The Balaban J connectivity index is 1.53. The fraction of sp³-hybridized carbons (Fsp3) is 0.346. The van der Waals surface area contributed by atoms with Gasteiger partial charge in [0.25, 0.3) is 0 Å². The van der Waals surface area contributed by atoms with E-state index in [1.165, 1.54) is 30.1 Å². The summed E-state index contributed by atoms with van der Waals surface area (Å²) in [5.41, 5.74) is 1.51. The Kier molecular flexibility index (Phi) is 8.20. The molecule has 1 aromatic carbocycles. The van der Waals surface area contributed by atoms with Crippen LogP contribution in [-0.4, -0.2) is 71.0 Å². The van der Waals surface area contributed by atoms with Crippen LogP contribution in [0, 0.1) is 0 Å². The molecule has 1 fully saturated rings. The highest BCUT2D eigenvalue weighted by molar-refractivity contribution is 6.42. The number of rotatable bonds is 9. The van der Waals surface area contributed by atoms with Crippen LogP contribution < -0.4 is 29.9 Å². The highest BCUT2D eigenvalue weighted by atomic mass is 35.5. The molecule has 0 bridgehead atoms. The summed E-state index contributed by atoms with van der Waals surface area (Å²) in [5, 5.41) is 6.37. The number of aryl methyl sites for hydroxylation is 1. The molecule has 3 aromatic rings. The number of hydrogen-bond donors (Lipinski definition) is 2. The smallest absolute Gasteiger partial charge is 0.330 e. The molecule has 0 radical (unpaired) electrons. The number of nitrogens with one attached hydrogen (secondary N) is 2. The molecule has 2 aliphatic heterocycles. The third kappa shape index (κ3) is 5.60. The largest absolute Gasteiger partial charge is 0.495 e. The highest BCUT2D eigenvalue weighted by Gasteiger charge is 2.37. The van der Waals surface area contributed by atoms with Crippen molar-refractivity contribution in [3.8, 4) is 11.5 Å². The molecule has 0 aliphatic carbocycles. The van der Waals surface area contributed by atoms with E-state index >= 15 is 0 Å². The molecule has 2 N–H and O–H groups in total. The second-order valence-electron chi connectivity index (χ2n) is 9.39. The molecule has 2 unspecified atom stereocenters. The standard InChI is InChI=1S/C26H28Cl2N8O5/c1-5-20(37)31-16-11-41-12-17(16)32-25-29-7-14-8-35(23-21(27)18(39-3)6-19(40-4)22(23)28)26(38)36(24(14)33-25)10-15-9-34(2)13-30-15/h5-7,9,13,16-17H,1,8,10-12H2,2-4H3,(H,31,37)(H,29,32,33). The summed E-state index contributed by atoms with van der Waals surface area (Å²) in [4.78, 5) is 42.5. The summed E-state index contributed by atoms with van der Waals surface area (Å²) in [7, 11) is 4.76. The molecular formula is C26H28Cl2N8O5. The van der Waals surface area contributed by atoms with E-state index in [-0.39, 0.29) is 52.8 Å². The van der Waals surface area contributed by atoms with Gasteiger partial charge in [0, 0.05) is 31.1 Å². The molecule has 216 valence electrons. The summed E-state index contributed by atoms with van der Waals surface area (Å²) in [6.07, 6.45) is 6.29. The van der Waals surface area contributed by atoms with Crippen LogP contribution in [0.25, 0.3) is 0 Å². The molecule has 0 spiro atoms. The fourth-order valence-electron chi connectivity index (χ4n) is 4.67. The number of benzene rings is 1. The van der Waals surface area contributed by atoms with Crippen molar-refractivity contribution in [3.05, 3.63) is 58.7 Å². The van der Waals surface area contributed by atoms with Crippen molar-refractivity contribution in [2.45, 2.75) is 25.2 Å². The molecule has 3 amide bonds. The molecule has 2 aliphatic rings. The van der Waals surface area contributed by atoms with Crippen molar-refractivity contribution in [1.82, 2.24) is 24.8 Å². The first-order valence-electron chi connectivity index (χ1n) is 12.5. The third-order valence-electron chi connectivity index (χ3n) is 6.69. The molecule has 13 nitrogen and oxygen atoms in total. The van der Waals surface area contributed by atoms with Gasteiger partial charge in [0.1, 0.15) is 27.4 Å². The first kappa shape index (κ1) is 28.5. The molecule has 1 saturated heterocycles. The van der Waals surface area contributed by atoms with Crippen LogP contribution in [0.1, 0.15) is 11.3 Å². The van der Waals surface area contributed by atoms with Crippen LogP contribution in [0.5, 0.6) is 11.5 Å². The number of aromatic nitrogens is 4. The lowest BCUT2D eigenvalue weighted by Gasteiger charge is -2.37. The summed E-state index contributed by atoms with van der Waals surface area (Å²) in [5.74, 6) is 0.943. The Morgan fingerprint density at radius 3 is 2.54 bits per heavy atom. The molecule has 15 heteroatoms. The molecule has 0 saturated carbocycles. The molecule has 2 atom stereocenters. The van der Waals surface area contributed by atoms with Gasteiger partial charge in [-0.05, 0) is 6.08 Å². The van der Waals surface area contributed by atoms with Gasteiger partial charge in [-0.15, -0.1) is 0 Å². The molecular weight excluding hydrogens is 575 g/mol. The number of halogens is 2. The Hall–Kier alpha value is -4.07. The minimum atomic E-state index is -0.438. The maximum absolute atomic E-state index is 14.1. The van der Waals surface area contributed by atoms with Gasteiger partial charge in [-0.2, -0.15) is 4.98 Å². The van der Waals surface area contributed by atoms with E-state index in [9.17, 15) is 9.59 Å². The second kappa shape index (κ2) is 11.8. The lowest BCUT2D eigenvalue weighted by Crippen LogP contribution is -2.48. The minimum absolute atomic E-state index is 0.0769. The predicted molar refractivity (Wildman–Crippen MR) is 153 cm³/mol. The van der Waals surface area contributed by atoms with Crippen molar-refractivity contribution in [1.29, 1.82) is 0 Å². The quantitative estimate of drug-likeness (QED) is 0.354. The van der Waals surface area contributed by atoms with Crippen LogP contribution in [0.3, 0.4) is 0 Å². The van der Waals surface area contributed by atoms with Gasteiger partial charge in [-0.1, -0.05) is 29.8 Å². The molecule has 41 heavy (non-hydrogen) atoms. The van der Waals surface area contributed by atoms with Gasteiger partial charge in [0.2, 0.25) is 11.9 Å². The number of amides is 3. The molecule has 5 rings (SSSR count). The number of imidazole rings is 1. The van der Waals surface area contributed by atoms with E-state index in [0.29, 0.717) is 41.8 Å². The number of carbonyl (C=O) groups is 2. The van der Waals surface area contributed by atoms with Gasteiger partial charge in [0.15, 0.2) is 0 Å². The van der Waals surface area contributed by atoms with Crippen molar-refractivity contribution in [2.75, 3.05) is 42.5 Å². The molecule has 2 aromatic heterocycles. The van der Waals surface area contributed by atoms with Crippen LogP contribution in [0.4, 0.5) is 22.2 Å². The monoisotopic (exact) mass is 602 g/mol. The minimum Gasteiger partial charge on any atom is -0.495 e. The van der Waals surface area contributed by atoms with Gasteiger partial charge in [-0.25, -0.2) is 14.8 Å². The Bertz CT molecular complexity index is 1470. The van der Waals surface area contributed by atoms with Crippen molar-refractivity contribution in [3.63, 3.8) is 0 Å². The van der Waals surface area contributed by atoms with Gasteiger partial charge in [0.05, 0.1) is 70.3 Å². The van der Waals surface area contributed by atoms with Crippen molar-refractivity contribution >= 4 is 52.6 Å². The van der Waals surface area contributed by atoms with Crippen molar-refractivity contribution < 1.29 is 23.8 Å². The zero-order chi connectivity index (χ0) is 29.3. The highest BCUT2D eigenvalue weighted by Crippen LogP contribution is 2.48. The normalized spacial score (nSPS) is 18.2. The fourth-order valence-corrected chi connectivity index (χ4v) is 5.38. The zero-order valence-corrected chi connectivity index (χ0v) is 24.1. The van der Waals surface area contributed by atoms with Gasteiger partial charge in [-0.3, -0.25) is 14.6 Å². The lowest BCUT2D eigenvalue weighted by molar-refractivity contribution is -0.117. The number of methoxy groups -OCH3 is 2. The summed E-state index contributed by atoms with van der Waals surface area (Å²) < 4.78 is 18.2. The van der Waals surface area contributed by atoms with E-state index in [1.54, 1.807) is 23.2 Å². The van der Waals surface area contributed by atoms with E-state index in [1.807, 2.05) is 13.2 Å². The van der Waals surface area contributed by atoms with Crippen LogP contribution >= 0.6 is 23.2 Å². The van der Waals surface area contributed by atoms with E-state index < -0.39 is 6.03 Å². The number of fused-ring (bicyclic) bond motifs is 1. The molecule has 4 heterocycles. The van der Waals surface area contributed by atoms with Crippen LogP contribution in [-0.2, 0) is 29.7 Å². The van der Waals surface area contributed by atoms with E-state index in [2.05, 4.69) is 27.2 Å². The third-order valence-corrected chi connectivity index (χ3v) is 7.43. The first-order chi connectivity index (χ1) is 19.7. The number of carbonyl (C=O) groups excluding carboxylic acids is 2. The average Bonchev–Trinajstić information content (AvgIpc) is 3.58. The number of anilines is 3. The first-order valence-corrected chi connectivity index (χ1v) is 13.3. The Morgan fingerprint density at radius 1 is 1.20 bits per heavy atom. The topological polar surface area (TPSA) is 136 Å². The average molecular weight is 603 g/mol. The maximum atomic E-state index is 14.1. The van der Waals surface area contributed by atoms with Gasteiger partial charge >= 0.3 is 6.03 Å². The summed E-state index contributed by atoms with van der Waals surface area (Å²) in [6.45, 7) is 4.34. The lowest BCUT2D eigenvalue weighted by atomic mass is 10.1. The SMILES string of the molecule is C=CC(=O)NC1COCC1Nc1ncc2c(n1)N(Cc1cn(C)cn1)C(=O)N(c1c(Cl)c(OC)cc(OC)c1Cl)C2. The van der Waals surface area contributed by atoms with Gasteiger partial charge < -0.3 is 29.4 Å². The Morgan fingerprint density at radius 2 is 1.90 bits per heavy atom. The number of nitrogens with zero attached hydrogens (tertiary/aromatic N) is 6. The van der Waals surface area contributed by atoms with Crippen molar-refractivity contribution in [2.24, 2.45) is 7.05 Å². The zero-order valence-electron chi connectivity index (χ0n) is 22.6. The van der Waals surface area contributed by atoms with Crippen LogP contribution in [0.15, 0.2) is 37.4 Å².